The summed E-state index contributed by atoms with van der Waals surface area (Å²) in [6.45, 7) is 5.38. The number of amides is 2. The minimum absolute atomic E-state index is 0.0810. The van der Waals surface area contributed by atoms with E-state index in [1.165, 1.54) is 4.90 Å². The van der Waals surface area contributed by atoms with Gasteiger partial charge in [0.2, 0.25) is 0 Å². The van der Waals surface area contributed by atoms with Crippen LogP contribution in [0.1, 0.15) is 26.3 Å². The van der Waals surface area contributed by atoms with E-state index in [1.54, 1.807) is 20.8 Å². The van der Waals surface area contributed by atoms with Gasteiger partial charge < -0.3 is 0 Å². The molecule has 0 radical (unpaired) electrons. The summed E-state index contributed by atoms with van der Waals surface area (Å²) in [6.07, 6.45) is 0.496. The molecule has 0 saturated carbocycles. The molecule has 250 valence electrons. The molecule has 10 heteroatoms. The fourth-order valence-corrected chi connectivity index (χ4v) is 16.6. The molecule has 2 aliphatic heterocycles. The molecule has 48 heavy (non-hydrogen) atoms. The van der Waals surface area contributed by atoms with Gasteiger partial charge in [0.25, 0.3) is 0 Å². The second kappa shape index (κ2) is 13.8. The molecule has 2 amide bonds. The van der Waals surface area contributed by atoms with Gasteiger partial charge in [0.1, 0.15) is 0 Å². The number of alkyl halides is 1. The Morgan fingerprint density at radius 1 is 0.875 bits per heavy atom. The van der Waals surface area contributed by atoms with E-state index in [9.17, 15) is 18.9 Å². The molecule has 5 atom stereocenters. The number of ether oxygens (including phenoxy) is 1. The Morgan fingerprint density at radius 3 is 1.79 bits per heavy atom. The normalized spacial score (nSPS) is 24.2. The van der Waals surface area contributed by atoms with Crippen molar-refractivity contribution < 1.29 is 23.7 Å². The second-order valence-electron chi connectivity index (χ2n) is 13.5. The van der Waals surface area contributed by atoms with Crippen LogP contribution < -0.4 is 21.2 Å². The van der Waals surface area contributed by atoms with Crippen LogP contribution in [0.15, 0.2) is 121 Å². The second-order valence-corrected chi connectivity index (χ2v) is 20.5. The number of carbonyl (C=O) groups is 3. The van der Waals surface area contributed by atoms with Gasteiger partial charge in [0.15, 0.2) is 0 Å². The van der Waals surface area contributed by atoms with Crippen molar-refractivity contribution in [2.24, 2.45) is 0 Å². The van der Waals surface area contributed by atoms with Crippen molar-refractivity contribution in [2.45, 2.75) is 54.6 Å². The van der Waals surface area contributed by atoms with Crippen LogP contribution >= 0.6 is 23.2 Å². The molecule has 4 aromatic carbocycles. The molecule has 2 heterocycles. The van der Waals surface area contributed by atoms with E-state index in [-0.39, 0.29) is 18.1 Å². The summed E-state index contributed by atoms with van der Waals surface area (Å²) in [5, 5.41) is 5.33. The van der Waals surface area contributed by atoms with Gasteiger partial charge in [-0.3, -0.25) is 0 Å². The Morgan fingerprint density at radius 2 is 1.33 bits per heavy atom. The standard InChI is InChI=1S/C38H40BrN2O5PS/c1-37(2,3)46-36(44)33-38(39,26-48(45)35-32(34(43)41(33)35)40-31(42)24-27-16-8-4-9-17-27)25-47(28-18-10-5-11-19-28,29-20-12-6-13-21-29)30-22-14-7-15-23-30/h4-23,32-33,35,47H,24-26H2,1-3H3,(H,40,42)/t32-,33?,35-,38?,48+/m1/s1. The maximum atomic E-state index is 14.3. The van der Waals surface area contributed by atoms with Crippen LogP contribution in [0.5, 0.6) is 0 Å². The van der Waals surface area contributed by atoms with Gasteiger partial charge in [0.05, 0.1) is 0 Å². The molecule has 2 saturated heterocycles. The molecule has 0 spiro atoms. The zero-order chi connectivity index (χ0) is 34.1. The first kappa shape index (κ1) is 34.4. The van der Waals surface area contributed by atoms with Crippen LogP contribution in [-0.2, 0) is 36.7 Å². The topological polar surface area (TPSA) is 98.8 Å². The van der Waals surface area contributed by atoms with Gasteiger partial charge >= 0.3 is 289 Å². The Hall–Kier alpha value is -3.49. The fraction of sp³-hybridized carbons (Fsp3) is 0.289. The first-order chi connectivity index (χ1) is 22.9. The van der Waals surface area contributed by atoms with Crippen molar-refractivity contribution in [2.75, 3.05) is 11.9 Å². The number of β-lactam (4-membered cyclic amide) rings is 1. The number of fused-ring (bicyclic) bond motifs is 1. The third kappa shape index (κ3) is 6.71. The molecule has 2 unspecified atom stereocenters. The van der Waals surface area contributed by atoms with Crippen molar-refractivity contribution >= 4 is 68.1 Å². The molecule has 7 nitrogen and oxygen atoms in total. The predicted octanol–water partition coefficient (Wildman–Crippen LogP) is 4.21. The summed E-state index contributed by atoms with van der Waals surface area (Å²) in [7, 11) is -2.99. The average Bonchev–Trinajstić information content (AvgIpc) is 3.07. The van der Waals surface area contributed by atoms with Crippen LogP contribution in [0.4, 0.5) is 0 Å². The quantitative estimate of drug-likeness (QED) is 0.0911. The summed E-state index contributed by atoms with van der Waals surface area (Å²) in [6, 6.07) is 38.0. The zero-order valence-electron chi connectivity index (χ0n) is 27.2. The number of hydrogen-bond acceptors (Lipinski definition) is 5. The van der Waals surface area contributed by atoms with Gasteiger partial charge in [-0.05, 0) is 0 Å². The van der Waals surface area contributed by atoms with Crippen molar-refractivity contribution in [3.05, 3.63) is 127 Å². The van der Waals surface area contributed by atoms with Crippen LogP contribution in [0, 0.1) is 0 Å². The van der Waals surface area contributed by atoms with Crippen LogP contribution in [0.25, 0.3) is 0 Å². The SMILES string of the molecule is CC(C)(C)OC(=O)C1N2C(=O)[C@@H](NC(=O)Cc3ccccc3)[C@H]2[S@@+]([O-])CC1(Br)C[PH](c1ccccc1)(c1ccccc1)c1ccccc1. The summed E-state index contributed by atoms with van der Waals surface area (Å²) in [4.78, 5) is 42.8. The van der Waals surface area contributed by atoms with Crippen molar-refractivity contribution in [1.82, 2.24) is 10.2 Å². The van der Waals surface area contributed by atoms with Gasteiger partial charge in [-0.2, -0.15) is 0 Å². The Kier molecular flexibility index (Phi) is 9.88. The summed E-state index contributed by atoms with van der Waals surface area (Å²) >= 11 is 2.43. The van der Waals surface area contributed by atoms with Gasteiger partial charge in [-0.15, -0.1) is 0 Å². The van der Waals surface area contributed by atoms with Crippen LogP contribution in [-0.4, -0.2) is 66.5 Å². The zero-order valence-corrected chi connectivity index (χ0v) is 30.6. The van der Waals surface area contributed by atoms with E-state index < -0.39 is 57.7 Å². The van der Waals surface area contributed by atoms with Gasteiger partial charge in [-0.1, -0.05) is 6.07 Å². The molecule has 4 aromatic rings. The Balaban J connectivity index is 1.43. The maximum absolute atomic E-state index is 14.3. The number of rotatable bonds is 9. The molecular formula is C38H40BrN2O5PS. The number of nitrogens with one attached hydrogen (secondary N) is 1. The van der Waals surface area contributed by atoms with E-state index in [0.717, 1.165) is 21.5 Å². The van der Waals surface area contributed by atoms with Crippen molar-refractivity contribution in [1.29, 1.82) is 0 Å². The summed E-state index contributed by atoms with van der Waals surface area (Å²) < 4.78 is 19.2. The van der Waals surface area contributed by atoms with E-state index in [4.69, 9.17) is 4.74 Å². The molecular weight excluding hydrogens is 707 g/mol. The molecule has 0 bridgehead atoms. The number of carbonyl (C=O) groups excluding carboxylic acids is 3. The molecule has 2 aliphatic rings. The van der Waals surface area contributed by atoms with Gasteiger partial charge in [0, 0.05) is 0 Å². The van der Waals surface area contributed by atoms with E-state index in [1.807, 2.05) is 84.9 Å². The summed E-state index contributed by atoms with van der Waals surface area (Å²) in [5.74, 6) is -1.28. The van der Waals surface area contributed by atoms with Crippen LogP contribution in [0.2, 0.25) is 0 Å². The van der Waals surface area contributed by atoms with Gasteiger partial charge in [-0.25, -0.2) is 0 Å². The Labute approximate surface area is 294 Å². The van der Waals surface area contributed by atoms with E-state index in [0.29, 0.717) is 6.16 Å². The Bertz CT molecular complexity index is 1660. The number of esters is 1. The third-order valence-corrected chi connectivity index (χ3v) is 17.9. The average molecular weight is 748 g/mol. The molecule has 1 N–H and O–H groups in total. The first-order valence-electron chi connectivity index (χ1n) is 16.0. The predicted molar refractivity (Wildman–Crippen MR) is 198 cm³/mol. The van der Waals surface area contributed by atoms with E-state index >= 15 is 0 Å². The molecule has 0 aromatic heterocycles. The minimum atomic E-state index is -2.99. The van der Waals surface area contributed by atoms with Crippen molar-refractivity contribution in [3.63, 3.8) is 0 Å². The van der Waals surface area contributed by atoms with E-state index in [2.05, 4.69) is 57.6 Å². The molecule has 2 fully saturated rings. The monoisotopic (exact) mass is 746 g/mol. The number of halogens is 1. The number of benzene rings is 4. The fourth-order valence-electron chi connectivity index (χ4n) is 7.07. The van der Waals surface area contributed by atoms with Crippen molar-refractivity contribution in [3.8, 4) is 0 Å². The number of hydrogen-bond donors (Lipinski definition) is 1. The number of nitrogens with zero attached hydrogens (tertiary/aromatic N) is 1. The third-order valence-electron chi connectivity index (χ3n) is 9.01. The summed E-state index contributed by atoms with van der Waals surface area (Å²) in [5.41, 5.74) is -0.0280. The first-order valence-corrected chi connectivity index (χ1v) is 20.4. The molecule has 6 rings (SSSR count). The van der Waals surface area contributed by atoms with Crippen LogP contribution in [0.3, 0.4) is 0 Å². The molecule has 0 aliphatic carbocycles.